The van der Waals surface area contributed by atoms with Crippen LogP contribution in [-0.2, 0) is 14.3 Å². The molecule has 0 saturated heterocycles. The van der Waals surface area contributed by atoms with Gasteiger partial charge in [0.15, 0.2) is 0 Å². The topological polar surface area (TPSA) is 73.9 Å². The molecule has 0 unspecified atom stereocenters. The summed E-state index contributed by atoms with van der Waals surface area (Å²) in [6.45, 7) is 0.366. The lowest BCUT2D eigenvalue weighted by atomic mass is 10.2. The van der Waals surface area contributed by atoms with Gasteiger partial charge in [0, 0.05) is 4.90 Å². The molecule has 0 aliphatic carbocycles. The number of carbonyl (C=O) groups is 2. The summed E-state index contributed by atoms with van der Waals surface area (Å²) in [5.74, 6) is 0.810. The Balaban J connectivity index is 1.41. The van der Waals surface area contributed by atoms with Crippen molar-refractivity contribution in [3.05, 3.63) is 48.5 Å². The van der Waals surface area contributed by atoms with Crippen LogP contribution in [0.25, 0.3) is 0 Å². The van der Waals surface area contributed by atoms with Crippen LogP contribution in [0, 0.1) is 0 Å². The van der Waals surface area contributed by atoms with Crippen molar-refractivity contribution in [3.8, 4) is 11.5 Å². The maximum atomic E-state index is 12.1. The molecule has 1 amide bonds. The average Bonchev–Trinajstić information content (AvgIpc) is 2.66. The van der Waals surface area contributed by atoms with E-state index in [-0.39, 0.29) is 25.5 Å². The number of nitrogens with one attached hydrogen (secondary N) is 1. The first-order valence-corrected chi connectivity index (χ1v) is 9.02. The number of fused-ring (bicyclic) bond motifs is 1. The van der Waals surface area contributed by atoms with Gasteiger partial charge in [0.1, 0.15) is 24.7 Å². The smallest absolute Gasteiger partial charge is 0.307 e. The zero-order chi connectivity index (χ0) is 18.4. The predicted octanol–water partition coefficient (Wildman–Crippen LogP) is 3.12. The largest absolute Gasteiger partial charge is 0.497 e. The molecule has 0 aromatic heterocycles. The summed E-state index contributed by atoms with van der Waals surface area (Å²) in [5, 5.41) is 2.32. The molecular formula is C19H19NO5S. The fourth-order valence-electron chi connectivity index (χ4n) is 2.42. The average molecular weight is 373 g/mol. The summed E-state index contributed by atoms with van der Waals surface area (Å²) in [6.07, 6.45) is 0.0212. The Labute approximate surface area is 155 Å². The fourth-order valence-corrected chi connectivity index (χ4v) is 3.52. The molecule has 1 aliphatic rings. The van der Waals surface area contributed by atoms with Gasteiger partial charge in [-0.25, -0.2) is 0 Å². The Morgan fingerprint density at radius 1 is 1.08 bits per heavy atom. The number of anilines is 1. The molecule has 6 nitrogen and oxygen atoms in total. The zero-order valence-corrected chi connectivity index (χ0v) is 15.1. The molecule has 26 heavy (non-hydrogen) atoms. The van der Waals surface area contributed by atoms with E-state index < -0.39 is 11.2 Å². The maximum Gasteiger partial charge on any atom is 0.307 e. The van der Waals surface area contributed by atoms with Gasteiger partial charge < -0.3 is 19.5 Å². The van der Waals surface area contributed by atoms with Crippen LogP contribution in [0.2, 0.25) is 0 Å². The summed E-state index contributed by atoms with van der Waals surface area (Å²) in [4.78, 5) is 25.0. The SMILES string of the molecule is COc1ccc(OCCOC(=O)C[C@H]2Sc3ccccc3NC2=O)cc1. The van der Waals surface area contributed by atoms with Crippen LogP contribution in [0.5, 0.6) is 11.5 Å². The molecule has 3 rings (SSSR count). The van der Waals surface area contributed by atoms with E-state index in [1.54, 1.807) is 31.4 Å². The second-order valence-electron chi connectivity index (χ2n) is 5.54. The molecule has 0 saturated carbocycles. The van der Waals surface area contributed by atoms with Gasteiger partial charge in [-0.3, -0.25) is 9.59 Å². The van der Waals surface area contributed by atoms with Gasteiger partial charge in [0.05, 0.1) is 24.5 Å². The molecule has 1 atom stereocenters. The van der Waals surface area contributed by atoms with Crippen LogP contribution in [0.15, 0.2) is 53.4 Å². The van der Waals surface area contributed by atoms with Crippen molar-refractivity contribution in [1.82, 2.24) is 0 Å². The first kappa shape index (κ1) is 18.1. The summed E-state index contributed by atoms with van der Waals surface area (Å²) in [7, 11) is 1.60. The summed E-state index contributed by atoms with van der Waals surface area (Å²) in [5.41, 5.74) is 0.778. The number of para-hydroxylation sites is 1. The lowest BCUT2D eigenvalue weighted by Gasteiger charge is -2.23. The van der Waals surface area contributed by atoms with E-state index in [0.29, 0.717) is 5.75 Å². The lowest BCUT2D eigenvalue weighted by molar-refractivity contribution is -0.145. The Morgan fingerprint density at radius 2 is 1.81 bits per heavy atom. The van der Waals surface area contributed by atoms with E-state index in [2.05, 4.69) is 5.32 Å². The highest BCUT2D eigenvalue weighted by atomic mass is 32.2. The number of carbonyl (C=O) groups excluding carboxylic acids is 2. The number of esters is 1. The minimum atomic E-state index is -0.486. The van der Waals surface area contributed by atoms with Gasteiger partial charge >= 0.3 is 5.97 Å². The number of thioether (sulfide) groups is 1. The Bertz CT molecular complexity index is 778. The van der Waals surface area contributed by atoms with Crippen LogP contribution in [0.3, 0.4) is 0 Å². The molecule has 1 heterocycles. The quantitative estimate of drug-likeness (QED) is 0.594. The highest BCUT2D eigenvalue weighted by Crippen LogP contribution is 2.36. The second-order valence-corrected chi connectivity index (χ2v) is 6.79. The third-order valence-electron chi connectivity index (χ3n) is 3.73. The van der Waals surface area contributed by atoms with Crippen LogP contribution < -0.4 is 14.8 Å². The summed E-state index contributed by atoms with van der Waals surface area (Å²) >= 11 is 1.38. The lowest BCUT2D eigenvalue weighted by Crippen LogP contribution is -2.31. The number of ether oxygens (including phenoxy) is 3. The predicted molar refractivity (Wildman–Crippen MR) is 98.8 cm³/mol. The van der Waals surface area contributed by atoms with E-state index in [0.717, 1.165) is 16.3 Å². The zero-order valence-electron chi connectivity index (χ0n) is 14.3. The molecule has 1 aliphatic heterocycles. The molecule has 0 radical (unpaired) electrons. The number of hydrogen-bond donors (Lipinski definition) is 1. The third kappa shape index (κ3) is 4.70. The Morgan fingerprint density at radius 3 is 2.58 bits per heavy atom. The molecule has 2 aromatic rings. The molecule has 0 fully saturated rings. The molecule has 0 spiro atoms. The van der Waals surface area contributed by atoms with Crippen molar-refractivity contribution in [3.63, 3.8) is 0 Å². The van der Waals surface area contributed by atoms with Crippen LogP contribution in [0.4, 0.5) is 5.69 Å². The second kappa shape index (κ2) is 8.62. The van der Waals surface area contributed by atoms with Gasteiger partial charge in [0.25, 0.3) is 0 Å². The summed E-state index contributed by atoms with van der Waals surface area (Å²) in [6, 6.07) is 14.6. The molecule has 136 valence electrons. The highest BCUT2D eigenvalue weighted by molar-refractivity contribution is 8.01. The van der Waals surface area contributed by atoms with Crippen molar-refractivity contribution in [1.29, 1.82) is 0 Å². The van der Waals surface area contributed by atoms with Crippen molar-refractivity contribution in [2.75, 3.05) is 25.6 Å². The van der Waals surface area contributed by atoms with Crippen LogP contribution in [-0.4, -0.2) is 37.4 Å². The van der Waals surface area contributed by atoms with E-state index in [1.807, 2.05) is 24.3 Å². The number of methoxy groups -OCH3 is 1. The van der Waals surface area contributed by atoms with Crippen molar-refractivity contribution in [2.45, 2.75) is 16.6 Å². The highest BCUT2D eigenvalue weighted by Gasteiger charge is 2.29. The van der Waals surface area contributed by atoms with Crippen LogP contribution >= 0.6 is 11.8 Å². The van der Waals surface area contributed by atoms with E-state index in [1.165, 1.54) is 11.8 Å². The minimum absolute atomic E-state index is 0.0212. The maximum absolute atomic E-state index is 12.1. The van der Waals surface area contributed by atoms with Gasteiger partial charge in [-0.05, 0) is 36.4 Å². The van der Waals surface area contributed by atoms with Gasteiger partial charge in [-0.1, -0.05) is 12.1 Å². The molecule has 7 heteroatoms. The minimum Gasteiger partial charge on any atom is -0.497 e. The molecule has 1 N–H and O–H groups in total. The number of rotatable bonds is 7. The number of benzene rings is 2. The standard InChI is InChI=1S/C19H19NO5S/c1-23-13-6-8-14(9-7-13)24-10-11-25-18(21)12-17-19(22)20-15-4-2-3-5-16(15)26-17/h2-9,17H,10-12H2,1H3,(H,20,22)/t17-/m1/s1. The number of amides is 1. The number of hydrogen-bond acceptors (Lipinski definition) is 6. The van der Waals surface area contributed by atoms with Gasteiger partial charge in [-0.15, -0.1) is 11.8 Å². The van der Waals surface area contributed by atoms with E-state index >= 15 is 0 Å². The van der Waals surface area contributed by atoms with Gasteiger partial charge in [0.2, 0.25) is 5.91 Å². The molecule has 2 aromatic carbocycles. The Kier molecular flexibility index (Phi) is 6.01. The first-order chi connectivity index (χ1) is 12.7. The Hall–Kier alpha value is -2.67. The normalized spacial score (nSPS) is 15.6. The fraction of sp³-hybridized carbons (Fsp3) is 0.263. The van der Waals surface area contributed by atoms with Gasteiger partial charge in [-0.2, -0.15) is 0 Å². The van der Waals surface area contributed by atoms with Crippen molar-refractivity contribution >= 4 is 29.3 Å². The molecule has 0 bridgehead atoms. The van der Waals surface area contributed by atoms with Crippen molar-refractivity contribution < 1.29 is 23.8 Å². The monoisotopic (exact) mass is 373 g/mol. The third-order valence-corrected chi connectivity index (χ3v) is 5.01. The van der Waals surface area contributed by atoms with E-state index in [4.69, 9.17) is 14.2 Å². The summed E-state index contributed by atoms with van der Waals surface area (Å²) < 4.78 is 15.7. The van der Waals surface area contributed by atoms with Crippen LogP contribution in [0.1, 0.15) is 6.42 Å². The molecular weight excluding hydrogens is 354 g/mol. The van der Waals surface area contributed by atoms with E-state index in [9.17, 15) is 9.59 Å². The first-order valence-electron chi connectivity index (χ1n) is 8.15. The van der Waals surface area contributed by atoms with Crippen molar-refractivity contribution in [2.24, 2.45) is 0 Å².